The molecule has 1 aromatic heterocycles. The van der Waals surface area contributed by atoms with Gasteiger partial charge in [0.2, 0.25) is 0 Å². The zero-order chi connectivity index (χ0) is 20.1. The van der Waals surface area contributed by atoms with Gasteiger partial charge in [-0.15, -0.1) is 0 Å². The Kier molecular flexibility index (Phi) is 5.79. The molecule has 144 valence electrons. The molecular weight excluding hydrogens is 356 g/mol. The second kappa shape index (κ2) is 8.43. The zero-order valence-corrected chi connectivity index (χ0v) is 16.0. The van der Waals surface area contributed by atoms with Crippen molar-refractivity contribution in [2.75, 3.05) is 17.2 Å². The number of rotatable bonds is 6. The average Bonchev–Trinajstić information content (AvgIpc) is 3.19. The predicted molar refractivity (Wildman–Crippen MR) is 108 cm³/mol. The van der Waals surface area contributed by atoms with Crippen LogP contribution in [0.5, 0.6) is 5.75 Å². The quantitative estimate of drug-likeness (QED) is 0.663. The second-order valence-electron chi connectivity index (χ2n) is 6.57. The van der Waals surface area contributed by atoms with Crippen molar-refractivity contribution in [1.29, 1.82) is 0 Å². The molecule has 2 amide bonds. The summed E-state index contributed by atoms with van der Waals surface area (Å²) in [5.41, 5.74) is 4.14. The molecule has 0 atom stereocenters. The number of hydrogen-bond acceptors (Lipinski definition) is 4. The van der Waals surface area contributed by atoms with E-state index in [1.54, 1.807) is 30.3 Å². The Morgan fingerprint density at radius 2 is 1.79 bits per heavy atom. The first kappa shape index (κ1) is 19.2. The second-order valence-corrected chi connectivity index (χ2v) is 6.57. The number of anilines is 2. The fraction of sp³-hybridized carbons (Fsp3) is 0.182. The van der Waals surface area contributed by atoms with Crippen molar-refractivity contribution in [1.82, 2.24) is 0 Å². The molecule has 2 N–H and O–H groups in total. The van der Waals surface area contributed by atoms with Gasteiger partial charge in [-0.3, -0.25) is 9.59 Å². The molecule has 0 spiro atoms. The number of nitrogens with one attached hydrogen (secondary N) is 2. The lowest BCUT2D eigenvalue weighted by Gasteiger charge is -2.12. The van der Waals surface area contributed by atoms with Crippen molar-refractivity contribution < 1.29 is 18.7 Å². The van der Waals surface area contributed by atoms with Crippen molar-refractivity contribution >= 4 is 23.2 Å². The number of carbonyl (C=O) groups excluding carboxylic acids is 2. The van der Waals surface area contributed by atoms with E-state index in [2.05, 4.69) is 10.6 Å². The van der Waals surface area contributed by atoms with E-state index in [9.17, 15) is 9.59 Å². The van der Waals surface area contributed by atoms with Gasteiger partial charge in [-0.1, -0.05) is 12.1 Å². The van der Waals surface area contributed by atoms with Gasteiger partial charge in [0.05, 0.1) is 6.26 Å². The third kappa shape index (κ3) is 4.79. The monoisotopic (exact) mass is 378 g/mol. The Labute approximate surface area is 163 Å². The fourth-order valence-corrected chi connectivity index (χ4v) is 2.68. The summed E-state index contributed by atoms with van der Waals surface area (Å²) >= 11 is 0. The molecular formula is C22H22N2O4. The van der Waals surface area contributed by atoms with Crippen LogP contribution in [-0.2, 0) is 4.79 Å². The van der Waals surface area contributed by atoms with E-state index in [1.165, 1.54) is 6.26 Å². The molecule has 0 radical (unpaired) electrons. The van der Waals surface area contributed by atoms with Crippen LogP contribution < -0.4 is 15.4 Å². The van der Waals surface area contributed by atoms with Crippen LogP contribution >= 0.6 is 0 Å². The van der Waals surface area contributed by atoms with E-state index >= 15 is 0 Å². The van der Waals surface area contributed by atoms with Gasteiger partial charge in [-0.2, -0.15) is 0 Å². The first-order valence-corrected chi connectivity index (χ1v) is 8.88. The molecule has 0 saturated heterocycles. The normalized spacial score (nSPS) is 10.4. The molecule has 0 aliphatic rings. The summed E-state index contributed by atoms with van der Waals surface area (Å²) in [5, 5.41) is 5.58. The minimum Gasteiger partial charge on any atom is -0.483 e. The van der Waals surface area contributed by atoms with Crippen molar-refractivity contribution in [2.24, 2.45) is 0 Å². The Morgan fingerprint density at radius 3 is 2.50 bits per heavy atom. The molecule has 0 aliphatic heterocycles. The van der Waals surface area contributed by atoms with Gasteiger partial charge in [-0.05, 0) is 73.9 Å². The predicted octanol–water partition coefficient (Wildman–Crippen LogP) is 4.47. The maximum atomic E-state index is 12.2. The average molecular weight is 378 g/mol. The standard InChI is InChI=1S/C22H22N2O4/c1-14-6-7-15(2)20(11-14)28-13-21(25)23-17-8-9-18(16(3)12-17)24-22(26)19-5-4-10-27-19/h4-12H,13H2,1-3H3,(H,23,25)(H,24,26). The van der Waals surface area contributed by atoms with Gasteiger partial charge < -0.3 is 19.8 Å². The van der Waals surface area contributed by atoms with E-state index in [0.717, 1.165) is 16.7 Å². The summed E-state index contributed by atoms with van der Waals surface area (Å²) in [7, 11) is 0. The molecule has 28 heavy (non-hydrogen) atoms. The SMILES string of the molecule is Cc1ccc(C)c(OCC(=O)Nc2ccc(NC(=O)c3ccco3)c(C)c2)c1. The van der Waals surface area contributed by atoms with Crippen LogP contribution in [0.2, 0.25) is 0 Å². The number of aryl methyl sites for hydroxylation is 3. The van der Waals surface area contributed by atoms with Crippen LogP contribution in [0.4, 0.5) is 11.4 Å². The molecule has 0 fully saturated rings. The van der Waals surface area contributed by atoms with Gasteiger partial charge in [0.1, 0.15) is 5.75 Å². The zero-order valence-electron chi connectivity index (χ0n) is 16.0. The summed E-state index contributed by atoms with van der Waals surface area (Å²) in [4.78, 5) is 24.3. The van der Waals surface area contributed by atoms with Crippen molar-refractivity contribution in [2.45, 2.75) is 20.8 Å². The highest BCUT2D eigenvalue weighted by Gasteiger charge is 2.11. The topological polar surface area (TPSA) is 80.6 Å². The molecule has 0 aliphatic carbocycles. The first-order chi connectivity index (χ1) is 13.4. The lowest BCUT2D eigenvalue weighted by Crippen LogP contribution is -2.20. The number of ether oxygens (including phenoxy) is 1. The van der Waals surface area contributed by atoms with E-state index < -0.39 is 0 Å². The Hall–Kier alpha value is -3.54. The van der Waals surface area contributed by atoms with Gasteiger partial charge >= 0.3 is 0 Å². The molecule has 3 rings (SSSR count). The van der Waals surface area contributed by atoms with E-state index in [1.807, 2.05) is 39.0 Å². The van der Waals surface area contributed by atoms with Crippen LogP contribution in [0, 0.1) is 20.8 Å². The van der Waals surface area contributed by atoms with Crippen molar-refractivity contribution in [3.8, 4) is 5.75 Å². The van der Waals surface area contributed by atoms with Gasteiger partial charge in [0.25, 0.3) is 11.8 Å². The van der Waals surface area contributed by atoms with Gasteiger partial charge in [-0.25, -0.2) is 0 Å². The molecule has 2 aromatic carbocycles. The minimum atomic E-state index is -0.327. The molecule has 0 bridgehead atoms. The maximum Gasteiger partial charge on any atom is 0.291 e. The summed E-state index contributed by atoms with van der Waals surface area (Å²) in [6.07, 6.45) is 1.45. The lowest BCUT2D eigenvalue weighted by molar-refractivity contribution is -0.118. The van der Waals surface area contributed by atoms with Crippen LogP contribution in [0.25, 0.3) is 0 Å². The summed E-state index contributed by atoms with van der Waals surface area (Å²) in [6.45, 7) is 5.67. The fourth-order valence-electron chi connectivity index (χ4n) is 2.68. The van der Waals surface area contributed by atoms with Crippen molar-refractivity contribution in [3.05, 3.63) is 77.2 Å². The number of carbonyl (C=O) groups is 2. The highest BCUT2D eigenvalue weighted by Crippen LogP contribution is 2.21. The number of benzene rings is 2. The lowest BCUT2D eigenvalue weighted by atomic mass is 10.1. The maximum absolute atomic E-state index is 12.2. The van der Waals surface area contributed by atoms with Crippen LogP contribution in [0.3, 0.4) is 0 Å². The van der Waals surface area contributed by atoms with E-state index in [4.69, 9.17) is 9.15 Å². The highest BCUT2D eigenvalue weighted by atomic mass is 16.5. The highest BCUT2D eigenvalue weighted by molar-refractivity contribution is 6.03. The number of hydrogen-bond donors (Lipinski definition) is 2. The first-order valence-electron chi connectivity index (χ1n) is 8.88. The van der Waals surface area contributed by atoms with Crippen LogP contribution in [0.1, 0.15) is 27.2 Å². The Morgan fingerprint density at radius 1 is 0.964 bits per heavy atom. The Balaban J connectivity index is 1.58. The number of amides is 2. The van der Waals surface area contributed by atoms with Crippen LogP contribution in [-0.4, -0.2) is 18.4 Å². The van der Waals surface area contributed by atoms with Crippen LogP contribution in [0.15, 0.2) is 59.2 Å². The Bertz CT molecular complexity index is 994. The van der Waals surface area contributed by atoms with E-state index in [-0.39, 0.29) is 24.2 Å². The molecule has 6 heteroatoms. The third-order valence-corrected chi connectivity index (χ3v) is 4.21. The summed E-state index contributed by atoms with van der Waals surface area (Å²) in [5.74, 6) is 0.349. The number of furan rings is 1. The smallest absolute Gasteiger partial charge is 0.291 e. The van der Waals surface area contributed by atoms with E-state index in [0.29, 0.717) is 17.1 Å². The molecule has 3 aromatic rings. The molecule has 0 saturated carbocycles. The van der Waals surface area contributed by atoms with Crippen molar-refractivity contribution in [3.63, 3.8) is 0 Å². The molecule has 6 nitrogen and oxygen atoms in total. The molecule has 0 unspecified atom stereocenters. The summed E-state index contributed by atoms with van der Waals surface area (Å²) < 4.78 is 10.7. The summed E-state index contributed by atoms with van der Waals surface area (Å²) in [6, 6.07) is 14.4. The molecule has 1 heterocycles. The largest absolute Gasteiger partial charge is 0.483 e. The van der Waals surface area contributed by atoms with Gasteiger partial charge in [0, 0.05) is 11.4 Å². The minimum absolute atomic E-state index is 0.0830. The van der Waals surface area contributed by atoms with Gasteiger partial charge in [0.15, 0.2) is 12.4 Å². The third-order valence-electron chi connectivity index (χ3n) is 4.21.